The largest absolute Gasteiger partial charge is 0.269 e. The molecule has 0 N–H and O–H groups in total. The van der Waals surface area contributed by atoms with Crippen LogP contribution in [0.25, 0.3) is 4.96 Å². The average Bonchev–Trinajstić information content (AvgIpc) is 2.60. The lowest BCUT2D eigenvalue weighted by molar-refractivity contribution is 0.954. The molecule has 2 rings (SSSR count). The number of hydrogen-bond acceptors (Lipinski definition) is 3. The first-order valence-corrected chi connectivity index (χ1v) is 5.66. The molecule has 82 valence electrons. The molecule has 0 aliphatic heterocycles. The highest BCUT2D eigenvalue weighted by atomic mass is 35.5. The third-order valence-electron chi connectivity index (χ3n) is 2.11. The van der Waals surface area contributed by atoms with Gasteiger partial charge in [-0.05, 0) is 13.3 Å². The van der Waals surface area contributed by atoms with E-state index in [1.54, 1.807) is 10.6 Å². The molecule has 0 saturated carbocycles. The summed E-state index contributed by atoms with van der Waals surface area (Å²) in [5, 5.41) is 1.85. The number of aromatic nitrogens is 2. The fraction of sp³-hybridized carbons (Fsp3) is 0.333. The molecule has 0 aliphatic carbocycles. The van der Waals surface area contributed by atoms with Crippen molar-refractivity contribution < 1.29 is 0 Å². The van der Waals surface area contributed by atoms with Crippen molar-refractivity contribution in [3.05, 3.63) is 33.2 Å². The molecule has 0 amide bonds. The first-order valence-electron chi connectivity index (χ1n) is 4.25. The number of hydrogen-bond donors (Lipinski definition) is 0. The van der Waals surface area contributed by atoms with Crippen LogP contribution in [0.4, 0.5) is 0 Å². The lowest BCUT2D eigenvalue weighted by Crippen LogP contribution is -2.20. The van der Waals surface area contributed by atoms with Gasteiger partial charge in [-0.15, -0.1) is 35.3 Å². The molecule has 0 aromatic carbocycles. The van der Waals surface area contributed by atoms with E-state index in [9.17, 15) is 4.79 Å². The number of thiazole rings is 1. The SMILES string of the molecule is Cc1nc2sccn2c(=O)c1CCCl.Cl. The van der Waals surface area contributed by atoms with E-state index in [0.29, 0.717) is 12.3 Å². The van der Waals surface area contributed by atoms with E-state index in [1.165, 1.54) is 11.3 Å². The Morgan fingerprint density at radius 1 is 1.60 bits per heavy atom. The highest BCUT2D eigenvalue weighted by molar-refractivity contribution is 7.15. The van der Waals surface area contributed by atoms with E-state index >= 15 is 0 Å². The van der Waals surface area contributed by atoms with E-state index in [4.69, 9.17) is 11.6 Å². The molecule has 2 aromatic rings. The maximum Gasteiger partial charge on any atom is 0.261 e. The lowest BCUT2D eigenvalue weighted by atomic mass is 10.2. The Hall–Kier alpha value is -0.580. The summed E-state index contributed by atoms with van der Waals surface area (Å²) < 4.78 is 1.57. The van der Waals surface area contributed by atoms with Gasteiger partial charge < -0.3 is 0 Å². The number of fused-ring (bicyclic) bond motifs is 1. The standard InChI is InChI=1S/C9H9ClN2OS.ClH/c1-6-7(2-3-10)8(13)12-4-5-14-9(12)11-6;/h4-5H,2-3H2,1H3;1H. The molecule has 0 bridgehead atoms. The topological polar surface area (TPSA) is 34.4 Å². The minimum Gasteiger partial charge on any atom is -0.269 e. The number of rotatable bonds is 2. The molecule has 0 spiro atoms. The number of halogens is 2. The van der Waals surface area contributed by atoms with Crippen molar-refractivity contribution in [1.82, 2.24) is 9.38 Å². The van der Waals surface area contributed by atoms with Gasteiger partial charge in [0.05, 0.1) is 0 Å². The number of alkyl halides is 1. The van der Waals surface area contributed by atoms with Gasteiger partial charge in [0, 0.05) is 28.7 Å². The van der Waals surface area contributed by atoms with E-state index in [2.05, 4.69) is 4.98 Å². The van der Waals surface area contributed by atoms with Crippen molar-refractivity contribution in [3.8, 4) is 0 Å². The van der Waals surface area contributed by atoms with Crippen LogP contribution in [-0.4, -0.2) is 15.3 Å². The second-order valence-corrected chi connectivity index (χ2v) is 4.23. The number of aryl methyl sites for hydroxylation is 1. The van der Waals surface area contributed by atoms with Crippen LogP contribution in [-0.2, 0) is 6.42 Å². The smallest absolute Gasteiger partial charge is 0.261 e. The van der Waals surface area contributed by atoms with Crippen molar-refractivity contribution in [2.24, 2.45) is 0 Å². The third kappa shape index (κ3) is 2.17. The summed E-state index contributed by atoms with van der Waals surface area (Å²) in [5.41, 5.74) is 1.52. The van der Waals surface area contributed by atoms with Gasteiger partial charge in [-0.25, -0.2) is 4.98 Å². The van der Waals surface area contributed by atoms with Crippen LogP contribution in [0.1, 0.15) is 11.3 Å². The maximum atomic E-state index is 11.9. The predicted octanol–water partition coefficient (Wildman–Crippen LogP) is 2.27. The Morgan fingerprint density at radius 3 is 3.00 bits per heavy atom. The second kappa shape index (κ2) is 4.96. The van der Waals surface area contributed by atoms with E-state index < -0.39 is 0 Å². The van der Waals surface area contributed by atoms with Gasteiger partial charge in [0.1, 0.15) is 0 Å². The zero-order valence-corrected chi connectivity index (χ0v) is 10.5. The predicted molar refractivity (Wildman–Crippen MR) is 65.7 cm³/mol. The summed E-state index contributed by atoms with van der Waals surface area (Å²) >= 11 is 7.09. The fourth-order valence-electron chi connectivity index (χ4n) is 1.40. The summed E-state index contributed by atoms with van der Waals surface area (Å²) in [7, 11) is 0. The van der Waals surface area contributed by atoms with Gasteiger partial charge in [0.2, 0.25) is 0 Å². The Labute approximate surface area is 102 Å². The van der Waals surface area contributed by atoms with Gasteiger partial charge in [-0.2, -0.15) is 0 Å². The normalized spacial score (nSPS) is 10.3. The quantitative estimate of drug-likeness (QED) is 0.780. The van der Waals surface area contributed by atoms with Crippen molar-refractivity contribution in [3.63, 3.8) is 0 Å². The van der Waals surface area contributed by atoms with Crippen LogP contribution in [0.15, 0.2) is 16.4 Å². The van der Waals surface area contributed by atoms with Gasteiger partial charge in [-0.3, -0.25) is 9.20 Å². The molecule has 3 nitrogen and oxygen atoms in total. The molecule has 2 heterocycles. The summed E-state index contributed by atoms with van der Waals surface area (Å²) in [6.07, 6.45) is 2.32. The summed E-state index contributed by atoms with van der Waals surface area (Å²) in [5.74, 6) is 0.452. The van der Waals surface area contributed by atoms with Crippen LogP contribution in [0.3, 0.4) is 0 Å². The minimum atomic E-state index is 0. The van der Waals surface area contributed by atoms with Gasteiger partial charge in [0.15, 0.2) is 4.96 Å². The summed E-state index contributed by atoms with van der Waals surface area (Å²) in [6, 6.07) is 0. The monoisotopic (exact) mass is 264 g/mol. The van der Waals surface area contributed by atoms with Crippen LogP contribution >= 0.6 is 35.3 Å². The molecule has 2 aromatic heterocycles. The van der Waals surface area contributed by atoms with Crippen molar-refractivity contribution in [2.75, 3.05) is 5.88 Å². The first kappa shape index (κ1) is 12.5. The molecule has 0 saturated heterocycles. The van der Waals surface area contributed by atoms with Gasteiger partial charge in [-0.1, -0.05) is 0 Å². The van der Waals surface area contributed by atoms with Crippen molar-refractivity contribution in [2.45, 2.75) is 13.3 Å². The van der Waals surface area contributed by atoms with E-state index in [0.717, 1.165) is 16.2 Å². The van der Waals surface area contributed by atoms with Gasteiger partial charge >= 0.3 is 0 Å². The van der Waals surface area contributed by atoms with Crippen LogP contribution < -0.4 is 5.56 Å². The molecule has 15 heavy (non-hydrogen) atoms. The minimum absolute atomic E-state index is 0. The molecular weight excluding hydrogens is 255 g/mol. The molecule has 0 fully saturated rings. The molecule has 6 heteroatoms. The Bertz CT molecular complexity index is 520. The Kier molecular flexibility index (Phi) is 4.13. The highest BCUT2D eigenvalue weighted by Gasteiger charge is 2.08. The number of nitrogens with zero attached hydrogens (tertiary/aromatic N) is 2. The highest BCUT2D eigenvalue weighted by Crippen LogP contribution is 2.09. The van der Waals surface area contributed by atoms with Crippen molar-refractivity contribution in [1.29, 1.82) is 0 Å². The molecular formula is C9H10Cl2N2OS. The van der Waals surface area contributed by atoms with Crippen LogP contribution in [0.5, 0.6) is 0 Å². The third-order valence-corrected chi connectivity index (χ3v) is 3.06. The van der Waals surface area contributed by atoms with Crippen LogP contribution in [0.2, 0.25) is 0 Å². The van der Waals surface area contributed by atoms with Gasteiger partial charge in [0.25, 0.3) is 5.56 Å². The summed E-state index contributed by atoms with van der Waals surface area (Å²) in [6.45, 7) is 1.85. The average molecular weight is 265 g/mol. The maximum absolute atomic E-state index is 11.9. The fourth-order valence-corrected chi connectivity index (χ4v) is 2.34. The molecule has 0 atom stereocenters. The molecule has 0 aliphatic rings. The zero-order valence-electron chi connectivity index (χ0n) is 8.07. The van der Waals surface area contributed by atoms with E-state index in [1.807, 2.05) is 12.3 Å². The molecule has 0 unspecified atom stereocenters. The Balaban J connectivity index is 0.00000112. The van der Waals surface area contributed by atoms with Crippen molar-refractivity contribution >= 4 is 40.3 Å². The first-order chi connectivity index (χ1) is 6.74. The van der Waals surface area contributed by atoms with E-state index in [-0.39, 0.29) is 18.0 Å². The zero-order chi connectivity index (χ0) is 10.1. The Morgan fingerprint density at radius 2 is 2.33 bits per heavy atom. The summed E-state index contributed by atoms with van der Waals surface area (Å²) in [4.78, 5) is 17.0. The van der Waals surface area contributed by atoms with Crippen LogP contribution in [0, 0.1) is 6.92 Å². The second-order valence-electron chi connectivity index (χ2n) is 2.98. The molecule has 0 radical (unpaired) electrons. The lowest BCUT2D eigenvalue weighted by Gasteiger charge is -2.02.